The molecule has 1 saturated heterocycles. The molecule has 0 unspecified atom stereocenters. The fraction of sp³-hybridized carbons (Fsp3) is 0.500. The molecule has 8 heteroatoms. The molecule has 2 heterocycles. The van der Waals surface area contributed by atoms with Crippen LogP contribution >= 0.6 is 0 Å². The van der Waals surface area contributed by atoms with E-state index in [1.165, 1.54) is 10.4 Å². The number of benzene rings is 1. The predicted octanol–water partition coefficient (Wildman–Crippen LogP) is 2.29. The number of hydrogen-bond donors (Lipinski definition) is 1. The van der Waals surface area contributed by atoms with Gasteiger partial charge in [0.05, 0.1) is 11.5 Å². The van der Waals surface area contributed by atoms with Gasteiger partial charge in [-0.3, -0.25) is 0 Å². The van der Waals surface area contributed by atoms with Crippen LogP contribution in [0.2, 0.25) is 0 Å². The quantitative estimate of drug-likeness (QED) is 0.801. The topological polar surface area (TPSA) is 88.8 Å². The second-order valence-electron chi connectivity index (χ2n) is 6.40. The van der Waals surface area contributed by atoms with Gasteiger partial charge in [-0.05, 0) is 51.9 Å². The molecule has 0 saturated carbocycles. The lowest BCUT2D eigenvalue weighted by molar-refractivity contribution is 0.0491. The number of nitrogens with one attached hydrogen (secondary N) is 1. The van der Waals surface area contributed by atoms with E-state index in [0.717, 1.165) is 12.8 Å². The predicted molar refractivity (Wildman–Crippen MR) is 97.7 cm³/mol. The van der Waals surface area contributed by atoms with Crippen LogP contribution in [0.5, 0.6) is 0 Å². The maximum absolute atomic E-state index is 13.0. The second kappa shape index (κ2) is 7.38. The number of fused-ring (bicyclic) bond motifs is 1. The molecule has 142 valence electrons. The first-order chi connectivity index (χ1) is 12.4. The van der Waals surface area contributed by atoms with Crippen LogP contribution < -0.4 is 5.32 Å². The molecule has 0 bridgehead atoms. The van der Waals surface area contributed by atoms with Gasteiger partial charge in [-0.2, -0.15) is 4.31 Å². The number of sulfonamides is 1. The lowest BCUT2D eigenvalue weighted by Crippen LogP contribution is -2.43. The van der Waals surface area contributed by atoms with Gasteiger partial charge >= 0.3 is 5.97 Å². The molecule has 1 N–H and O–H groups in total. The molecule has 1 aromatic heterocycles. The smallest absolute Gasteiger partial charge is 0.374 e. The first-order valence-electron chi connectivity index (χ1n) is 8.76. The lowest BCUT2D eigenvalue weighted by Gasteiger charge is -2.30. The van der Waals surface area contributed by atoms with Crippen LogP contribution in [0.3, 0.4) is 0 Å². The summed E-state index contributed by atoms with van der Waals surface area (Å²) in [5.74, 6) is -0.425. The zero-order valence-electron chi connectivity index (χ0n) is 15.2. The summed E-state index contributed by atoms with van der Waals surface area (Å²) in [6.45, 7) is 4.68. The normalized spacial score (nSPS) is 16.9. The minimum atomic E-state index is -3.58. The molecule has 7 nitrogen and oxygen atoms in total. The van der Waals surface area contributed by atoms with E-state index in [9.17, 15) is 13.2 Å². The van der Waals surface area contributed by atoms with Crippen LogP contribution in [0.25, 0.3) is 11.0 Å². The second-order valence-corrected chi connectivity index (χ2v) is 8.34. The van der Waals surface area contributed by atoms with Crippen molar-refractivity contribution in [1.29, 1.82) is 0 Å². The molecule has 1 aliphatic rings. The first-order valence-corrected chi connectivity index (χ1v) is 10.2. The third-order valence-electron chi connectivity index (χ3n) is 4.87. The Labute approximate surface area is 153 Å². The van der Waals surface area contributed by atoms with E-state index >= 15 is 0 Å². The van der Waals surface area contributed by atoms with Crippen LogP contribution in [0.4, 0.5) is 0 Å². The summed E-state index contributed by atoms with van der Waals surface area (Å²) < 4.78 is 38.0. The Morgan fingerprint density at radius 2 is 2.04 bits per heavy atom. The van der Waals surface area contributed by atoms with Crippen molar-refractivity contribution >= 4 is 27.0 Å². The summed E-state index contributed by atoms with van der Waals surface area (Å²) in [4.78, 5) is 12.2. The Bertz CT molecular complexity index is 911. The van der Waals surface area contributed by atoms with Gasteiger partial charge in [0.2, 0.25) is 15.8 Å². The van der Waals surface area contributed by atoms with E-state index in [0.29, 0.717) is 35.7 Å². The molecule has 0 amide bonds. The molecule has 3 rings (SSSR count). The van der Waals surface area contributed by atoms with Gasteiger partial charge in [0, 0.05) is 30.1 Å². The highest BCUT2D eigenvalue weighted by atomic mass is 32.2. The molecular weight excluding hydrogens is 356 g/mol. The summed E-state index contributed by atoms with van der Waals surface area (Å²) in [5.41, 5.74) is 1.06. The Kier molecular flexibility index (Phi) is 5.36. The van der Waals surface area contributed by atoms with Crippen molar-refractivity contribution in [3.63, 3.8) is 0 Å². The summed E-state index contributed by atoms with van der Waals surface area (Å²) in [6.07, 6.45) is 1.57. The summed E-state index contributed by atoms with van der Waals surface area (Å²) in [7, 11) is -1.68. The zero-order chi connectivity index (χ0) is 18.9. The minimum absolute atomic E-state index is 0.117. The third-order valence-corrected chi connectivity index (χ3v) is 6.76. The van der Waals surface area contributed by atoms with Gasteiger partial charge in [0.1, 0.15) is 5.58 Å². The van der Waals surface area contributed by atoms with E-state index < -0.39 is 16.0 Å². The monoisotopic (exact) mass is 380 g/mol. The van der Waals surface area contributed by atoms with Crippen molar-refractivity contribution in [2.45, 2.75) is 37.6 Å². The number of aryl methyl sites for hydroxylation is 1. The Balaban J connectivity index is 1.93. The van der Waals surface area contributed by atoms with Gasteiger partial charge in [0.15, 0.2) is 0 Å². The Morgan fingerprint density at radius 3 is 2.65 bits per heavy atom. The molecule has 0 radical (unpaired) electrons. The van der Waals surface area contributed by atoms with E-state index in [4.69, 9.17) is 9.15 Å². The molecule has 0 atom stereocenters. The van der Waals surface area contributed by atoms with Crippen molar-refractivity contribution in [3.8, 4) is 0 Å². The third kappa shape index (κ3) is 3.36. The number of nitrogens with zero attached hydrogens (tertiary/aromatic N) is 1. The van der Waals surface area contributed by atoms with E-state index in [1.54, 1.807) is 26.0 Å². The fourth-order valence-electron chi connectivity index (χ4n) is 3.29. The van der Waals surface area contributed by atoms with Crippen molar-refractivity contribution in [1.82, 2.24) is 9.62 Å². The molecule has 1 fully saturated rings. The number of carbonyl (C=O) groups excluding carboxylic acids is 1. The number of carbonyl (C=O) groups is 1. The molecule has 1 aromatic carbocycles. The number of piperidine rings is 1. The van der Waals surface area contributed by atoms with Gasteiger partial charge in [-0.15, -0.1) is 0 Å². The van der Waals surface area contributed by atoms with Crippen molar-refractivity contribution < 1.29 is 22.4 Å². The lowest BCUT2D eigenvalue weighted by atomic mass is 10.1. The first kappa shape index (κ1) is 18.9. The van der Waals surface area contributed by atoms with E-state index in [1.807, 2.05) is 7.05 Å². The standard InChI is InChI=1S/C18H24N2O5S/c1-4-24-18(21)17-12(2)15-11-14(5-6-16(15)25-17)26(22,23)20-9-7-13(19-3)8-10-20/h5-6,11,13,19H,4,7-10H2,1-3H3. The molecule has 26 heavy (non-hydrogen) atoms. The largest absolute Gasteiger partial charge is 0.460 e. The van der Waals surface area contributed by atoms with Crippen LogP contribution in [0.15, 0.2) is 27.5 Å². The average molecular weight is 380 g/mol. The highest BCUT2D eigenvalue weighted by Gasteiger charge is 2.30. The van der Waals surface area contributed by atoms with Gasteiger partial charge in [-0.25, -0.2) is 13.2 Å². The minimum Gasteiger partial charge on any atom is -0.460 e. The van der Waals surface area contributed by atoms with Gasteiger partial charge in [0.25, 0.3) is 0 Å². The maximum Gasteiger partial charge on any atom is 0.374 e. The van der Waals surface area contributed by atoms with Crippen LogP contribution in [-0.2, 0) is 14.8 Å². The summed E-state index contributed by atoms with van der Waals surface area (Å²) in [6, 6.07) is 5.06. The van der Waals surface area contributed by atoms with Gasteiger partial charge < -0.3 is 14.5 Å². The Hall–Kier alpha value is -1.90. The van der Waals surface area contributed by atoms with E-state index in [-0.39, 0.29) is 17.3 Å². The van der Waals surface area contributed by atoms with Crippen molar-refractivity contribution in [2.75, 3.05) is 26.7 Å². The molecular formula is C18H24N2O5S. The number of rotatable bonds is 5. The molecule has 0 aliphatic carbocycles. The van der Waals surface area contributed by atoms with E-state index in [2.05, 4.69) is 5.32 Å². The highest BCUT2D eigenvalue weighted by molar-refractivity contribution is 7.89. The van der Waals surface area contributed by atoms with Crippen molar-refractivity contribution in [3.05, 3.63) is 29.5 Å². The maximum atomic E-state index is 13.0. The number of esters is 1. The van der Waals surface area contributed by atoms with Crippen LogP contribution in [0, 0.1) is 6.92 Å². The summed E-state index contributed by atoms with van der Waals surface area (Å²) in [5, 5.41) is 3.80. The number of hydrogen-bond acceptors (Lipinski definition) is 6. The Morgan fingerprint density at radius 1 is 1.35 bits per heavy atom. The number of furan rings is 1. The van der Waals surface area contributed by atoms with Crippen molar-refractivity contribution in [2.24, 2.45) is 0 Å². The summed E-state index contributed by atoms with van der Waals surface area (Å²) >= 11 is 0. The fourth-order valence-corrected chi connectivity index (χ4v) is 4.78. The number of ether oxygens (including phenoxy) is 1. The van der Waals surface area contributed by atoms with Crippen LogP contribution in [-0.4, -0.2) is 51.5 Å². The average Bonchev–Trinajstić information content (AvgIpc) is 2.98. The molecule has 2 aromatic rings. The SMILES string of the molecule is CCOC(=O)c1oc2ccc(S(=O)(=O)N3CCC(NC)CC3)cc2c1C. The van der Waals surface area contributed by atoms with Gasteiger partial charge in [-0.1, -0.05) is 0 Å². The van der Waals surface area contributed by atoms with Crippen LogP contribution in [0.1, 0.15) is 35.9 Å². The highest BCUT2D eigenvalue weighted by Crippen LogP contribution is 2.30. The molecule has 0 spiro atoms. The zero-order valence-corrected chi connectivity index (χ0v) is 16.1. The molecule has 1 aliphatic heterocycles.